The first-order valence-corrected chi connectivity index (χ1v) is 6.28. The molecule has 1 unspecified atom stereocenters. The quantitative estimate of drug-likeness (QED) is 0.604. The van der Waals surface area contributed by atoms with Gasteiger partial charge in [-0.05, 0) is 19.8 Å². The van der Waals surface area contributed by atoms with Gasteiger partial charge in [-0.1, -0.05) is 25.7 Å². The molecule has 0 aliphatic heterocycles. The maximum absolute atomic E-state index is 11.9. The highest BCUT2D eigenvalue weighted by molar-refractivity contribution is 4.61. The highest BCUT2D eigenvalue weighted by Crippen LogP contribution is 2.23. The van der Waals surface area contributed by atoms with Gasteiger partial charge < -0.3 is 9.84 Å². The third kappa shape index (κ3) is 13.6. The van der Waals surface area contributed by atoms with Crippen LogP contribution in [0.25, 0.3) is 0 Å². The lowest BCUT2D eigenvalue weighted by atomic mass is 10.1. The number of aliphatic hydroxyl groups excluding tert-OH is 1. The Morgan fingerprint density at radius 2 is 1.65 bits per heavy atom. The zero-order chi connectivity index (χ0) is 13.1. The van der Waals surface area contributed by atoms with Crippen molar-refractivity contribution < 1.29 is 23.0 Å². The van der Waals surface area contributed by atoms with E-state index in [0.29, 0.717) is 6.42 Å². The molecule has 104 valence electrons. The summed E-state index contributed by atoms with van der Waals surface area (Å²) in [6.07, 6.45) is -1.77. The lowest BCUT2D eigenvalue weighted by Crippen LogP contribution is -2.19. The summed E-state index contributed by atoms with van der Waals surface area (Å²) in [7, 11) is 0. The molecule has 1 atom stereocenters. The van der Waals surface area contributed by atoms with Crippen molar-refractivity contribution >= 4 is 0 Å². The molecule has 0 bridgehead atoms. The molecule has 0 aromatic heterocycles. The summed E-state index contributed by atoms with van der Waals surface area (Å²) in [4.78, 5) is 0. The van der Waals surface area contributed by atoms with Crippen molar-refractivity contribution in [2.75, 3.05) is 13.2 Å². The first-order valence-electron chi connectivity index (χ1n) is 6.28. The first-order chi connectivity index (χ1) is 7.95. The Morgan fingerprint density at radius 1 is 1.06 bits per heavy atom. The Balaban J connectivity index is 3.22. The van der Waals surface area contributed by atoms with Crippen LogP contribution in [0, 0.1) is 0 Å². The molecule has 0 amide bonds. The van der Waals surface area contributed by atoms with E-state index in [4.69, 9.17) is 9.84 Å². The third-order valence-electron chi connectivity index (χ3n) is 2.50. The zero-order valence-electron chi connectivity index (χ0n) is 10.4. The minimum Gasteiger partial charge on any atom is -0.393 e. The number of rotatable bonds is 10. The highest BCUT2D eigenvalue weighted by Gasteiger charge is 2.30. The van der Waals surface area contributed by atoms with Gasteiger partial charge in [0, 0.05) is 13.2 Å². The van der Waals surface area contributed by atoms with E-state index in [-0.39, 0.29) is 6.42 Å². The SMILES string of the molecule is CCOCCCCCCCC(O)CC(F)(F)F. The molecule has 0 rings (SSSR count). The third-order valence-corrected chi connectivity index (χ3v) is 2.50. The van der Waals surface area contributed by atoms with Gasteiger partial charge in [0.05, 0.1) is 12.5 Å². The fraction of sp³-hybridized carbons (Fsp3) is 1.00. The summed E-state index contributed by atoms with van der Waals surface area (Å²) in [5.41, 5.74) is 0. The number of unbranched alkanes of at least 4 members (excludes halogenated alkanes) is 4. The lowest BCUT2D eigenvalue weighted by molar-refractivity contribution is -0.154. The Kier molecular flexibility index (Phi) is 9.55. The predicted molar refractivity (Wildman–Crippen MR) is 60.9 cm³/mol. The minimum atomic E-state index is -4.25. The number of ether oxygens (including phenoxy) is 1. The van der Waals surface area contributed by atoms with Crippen molar-refractivity contribution in [2.45, 2.75) is 64.1 Å². The fourth-order valence-corrected chi connectivity index (χ4v) is 1.63. The van der Waals surface area contributed by atoms with Crippen LogP contribution in [0.4, 0.5) is 13.2 Å². The van der Waals surface area contributed by atoms with E-state index in [0.717, 1.165) is 38.9 Å². The molecule has 5 heteroatoms. The molecule has 0 heterocycles. The number of hydrogen-bond acceptors (Lipinski definition) is 2. The molecule has 1 N–H and O–H groups in total. The van der Waals surface area contributed by atoms with Crippen molar-refractivity contribution in [3.8, 4) is 0 Å². The molecule has 2 nitrogen and oxygen atoms in total. The molecule has 0 spiro atoms. The van der Waals surface area contributed by atoms with Crippen molar-refractivity contribution in [3.63, 3.8) is 0 Å². The predicted octanol–water partition coefficient (Wildman–Crippen LogP) is 3.68. The van der Waals surface area contributed by atoms with E-state index in [1.807, 2.05) is 6.92 Å². The summed E-state index contributed by atoms with van der Waals surface area (Å²) in [6, 6.07) is 0. The van der Waals surface area contributed by atoms with E-state index in [1.165, 1.54) is 0 Å². The van der Waals surface area contributed by atoms with Gasteiger partial charge in [-0.25, -0.2) is 0 Å². The summed E-state index contributed by atoms with van der Waals surface area (Å²) in [6.45, 7) is 3.43. The maximum Gasteiger partial charge on any atom is 0.391 e. The number of alkyl halides is 3. The van der Waals surface area contributed by atoms with Crippen molar-refractivity contribution in [3.05, 3.63) is 0 Å². The minimum absolute atomic E-state index is 0.241. The van der Waals surface area contributed by atoms with Crippen molar-refractivity contribution in [2.24, 2.45) is 0 Å². The summed E-state index contributed by atoms with van der Waals surface area (Å²) in [5.74, 6) is 0. The van der Waals surface area contributed by atoms with Crippen molar-refractivity contribution in [1.82, 2.24) is 0 Å². The van der Waals surface area contributed by atoms with Crippen LogP contribution in [-0.2, 0) is 4.74 Å². The average Bonchev–Trinajstić information content (AvgIpc) is 2.19. The number of aliphatic hydroxyl groups is 1. The standard InChI is InChI=1S/C12H23F3O2/c1-2-17-9-7-5-3-4-6-8-11(16)10-12(13,14)15/h11,16H,2-10H2,1H3. The summed E-state index contributed by atoms with van der Waals surface area (Å²) < 4.78 is 40.8. The van der Waals surface area contributed by atoms with Gasteiger partial charge >= 0.3 is 6.18 Å². The molecule has 17 heavy (non-hydrogen) atoms. The molecule has 0 aromatic carbocycles. The Labute approximate surface area is 101 Å². The van der Waals surface area contributed by atoms with Gasteiger partial charge in [0.1, 0.15) is 0 Å². The Morgan fingerprint density at radius 3 is 2.24 bits per heavy atom. The van der Waals surface area contributed by atoms with E-state index < -0.39 is 18.7 Å². The van der Waals surface area contributed by atoms with Crippen molar-refractivity contribution in [1.29, 1.82) is 0 Å². The molecule has 0 aromatic rings. The van der Waals surface area contributed by atoms with Crippen LogP contribution in [0.2, 0.25) is 0 Å². The van der Waals surface area contributed by atoms with Crippen LogP contribution in [0.5, 0.6) is 0 Å². The second-order valence-electron chi connectivity index (χ2n) is 4.23. The van der Waals surface area contributed by atoms with Gasteiger partial charge in [0.2, 0.25) is 0 Å². The largest absolute Gasteiger partial charge is 0.393 e. The van der Waals surface area contributed by atoms with Crippen LogP contribution < -0.4 is 0 Å². The second-order valence-corrected chi connectivity index (χ2v) is 4.23. The zero-order valence-corrected chi connectivity index (χ0v) is 10.4. The van der Waals surface area contributed by atoms with Crippen LogP contribution in [-0.4, -0.2) is 30.6 Å². The van der Waals surface area contributed by atoms with Gasteiger partial charge in [-0.15, -0.1) is 0 Å². The number of halogens is 3. The van der Waals surface area contributed by atoms with Gasteiger partial charge in [0.15, 0.2) is 0 Å². The van der Waals surface area contributed by atoms with E-state index in [1.54, 1.807) is 0 Å². The topological polar surface area (TPSA) is 29.5 Å². The van der Waals surface area contributed by atoms with Crippen LogP contribution in [0.3, 0.4) is 0 Å². The molecule has 0 aliphatic rings. The van der Waals surface area contributed by atoms with E-state index >= 15 is 0 Å². The molecule has 0 fully saturated rings. The Bertz CT molecular complexity index is 172. The Hall–Kier alpha value is -0.290. The molecular weight excluding hydrogens is 233 g/mol. The average molecular weight is 256 g/mol. The molecule has 0 saturated carbocycles. The van der Waals surface area contributed by atoms with Crippen LogP contribution in [0.15, 0.2) is 0 Å². The molecule has 0 radical (unpaired) electrons. The monoisotopic (exact) mass is 256 g/mol. The normalized spacial score (nSPS) is 13.9. The van der Waals surface area contributed by atoms with Gasteiger partial charge in [-0.2, -0.15) is 13.2 Å². The molecule has 0 saturated heterocycles. The number of hydrogen-bond donors (Lipinski definition) is 1. The van der Waals surface area contributed by atoms with E-state index in [9.17, 15) is 13.2 Å². The highest BCUT2D eigenvalue weighted by atomic mass is 19.4. The summed E-state index contributed by atoms with van der Waals surface area (Å²) >= 11 is 0. The maximum atomic E-state index is 11.9. The summed E-state index contributed by atoms with van der Waals surface area (Å²) in [5, 5.41) is 9.12. The van der Waals surface area contributed by atoms with E-state index in [2.05, 4.69) is 0 Å². The van der Waals surface area contributed by atoms with Crippen LogP contribution >= 0.6 is 0 Å². The molecular formula is C12H23F3O2. The van der Waals surface area contributed by atoms with Gasteiger partial charge in [0.25, 0.3) is 0 Å². The second kappa shape index (κ2) is 9.71. The van der Waals surface area contributed by atoms with Crippen LogP contribution in [0.1, 0.15) is 51.9 Å². The first kappa shape index (κ1) is 16.7. The molecule has 0 aliphatic carbocycles. The lowest BCUT2D eigenvalue weighted by Gasteiger charge is -2.12. The van der Waals surface area contributed by atoms with Gasteiger partial charge in [-0.3, -0.25) is 0 Å². The smallest absolute Gasteiger partial charge is 0.391 e. The fourth-order valence-electron chi connectivity index (χ4n) is 1.63.